The van der Waals surface area contributed by atoms with Crippen molar-refractivity contribution in [3.63, 3.8) is 0 Å². The fourth-order valence-corrected chi connectivity index (χ4v) is 1.33. The Morgan fingerprint density at radius 3 is 2.80 bits per heavy atom. The first-order chi connectivity index (χ1) is 7.22. The molecule has 2 nitrogen and oxygen atoms in total. The van der Waals surface area contributed by atoms with Crippen molar-refractivity contribution in [1.82, 2.24) is 0 Å². The highest BCUT2D eigenvalue weighted by molar-refractivity contribution is 5.28. The molecular formula is C13H20O2. The van der Waals surface area contributed by atoms with Gasteiger partial charge in [0.2, 0.25) is 0 Å². The first-order valence-corrected chi connectivity index (χ1v) is 5.55. The summed E-state index contributed by atoms with van der Waals surface area (Å²) in [6, 6.07) is 7.93. The Kier molecular flexibility index (Phi) is 5.19. The summed E-state index contributed by atoms with van der Waals surface area (Å²) >= 11 is 0. The van der Waals surface area contributed by atoms with Gasteiger partial charge in [-0.2, -0.15) is 0 Å². The Morgan fingerprint density at radius 1 is 1.33 bits per heavy atom. The monoisotopic (exact) mass is 208 g/mol. The second-order valence-electron chi connectivity index (χ2n) is 4.15. The number of hydrogen-bond acceptors (Lipinski definition) is 2. The van der Waals surface area contributed by atoms with Crippen LogP contribution < -0.4 is 4.74 Å². The van der Waals surface area contributed by atoms with E-state index in [0.717, 1.165) is 24.3 Å². The van der Waals surface area contributed by atoms with Crippen molar-refractivity contribution in [3.8, 4) is 5.75 Å². The standard InChI is InChI=1S/C13H20O2/c1-11(2)7-9-15-13-5-3-4-12(10-13)6-8-14/h3-5,10-11,14H,6-9H2,1-2H3. The minimum Gasteiger partial charge on any atom is -0.494 e. The van der Waals surface area contributed by atoms with E-state index >= 15 is 0 Å². The Balaban J connectivity index is 2.43. The van der Waals surface area contributed by atoms with Crippen LogP contribution in [0.4, 0.5) is 0 Å². The van der Waals surface area contributed by atoms with E-state index in [9.17, 15) is 0 Å². The van der Waals surface area contributed by atoms with Crippen LogP contribution in [0.25, 0.3) is 0 Å². The zero-order valence-electron chi connectivity index (χ0n) is 9.57. The van der Waals surface area contributed by atoms with Crippen molar-refractivity contribution in [2.24, 2.45) is 5.92 Å². The fourth-order valence-electron chi connectivity index (χ4n) is 1.33. The fraction of sp³-hybridized carbons (Fsp3) is 0.538. The van der Waals surface area contributed by atoms with Gasteiger partial charge in [0.1, 0.15) is 5.75 Å². The second kappa shape index (κ2) is 6.46. The third kappa shape index (κ3) is 4.84. The van der Waals surface area contributed by atoms with Gasteiger partial charge in [-0.1, -0.05) is 26.0 Å². The molecule has 1 rings (SSSR count). The van der Waals surface area contributed by atoms with E-state index in [2.05, 4.69) is 13.8 Å². The minimum atomic E-state index is 0.190. The lowest BCUT2D eigenvalue weighted by atomic mass is 10.1. The molecule has 0 atom stereocenters. The third-order valence-electron chi connectivity index (χ3n) is 2.26. The molecule has 84 valence electrons. The topological polar surface area (TPSA) is 29.5 Å². The molecule has 1 N–H and O–H groups in total. The molecule has 0 unspecified atom stereocenters. The maximum atomic E-state index is 8.82. The van der Waals surface area contributed by atoms with Gasteiger partial charge in [-0.05, 0) is 36.5 Å². The third-order valence-corrected chi connectivity index (χ3v) is 2.26. The van der Waals surface area contributed by atoms with Gasteiger partial charge in [-0.3, -0.25) is 0 Å². The average Bonchev–Trinajstić information content (AvgIpc) is 2.18. The van der Waals surface area contributed by atoms with Gasteiger partial charge in [-0.25, -0.2) is 0 Å². The van der Waals surface area contributed by atoms with Crippen molar-refractivity contribution in [3.05, 3.63) is 29.8 Å². The zero-order chi connectivity index (χ0) is 11.1. The highest BCUT2D eigenvalue weighted by Gasteiger charge is 1.98. The lowest BCUT2D eigenvalue weighted by molar-refractivity contribution is 0.287. The molecule has 0 aliphatic heterocycles. The van der Waals surface area contributed by atoms with Gasteiger partial charge < -0.3 is 9.84 Å². The molecule has 1 aromatic carbocycles. The summed E-state index contributed by atoms with van der Waals surface area (Å²) in [6.45, 7) is 5.33. The summed E-state index contributed by atoms with van der Waals surface area (Å²) in [7, 11) is 0. The highest BCUT2D eigenvalue weighted by atomic mass is 16.5. The molecule has 0 heterocycles. The lowest BCUT2D eigenvalue weighted by Gasteiger charge is -2.09. The van der Waals surface area contributed by atoms with Gasteiger partial charge in [0, 0.05) is 6.61 Å². The number of aliphatic hydroxyl groups is 1. The Bertz CT molecular complexity index is 282. The van der Waals surface area contributed by atoms with Crippen LogP contribution in [0.3, 0.4) is 0 Å². The molecule has 15 heavy (non-hydrogen) atoms. The van der Waals surface area contributed by atoms with Crippen molar-refractivity contribution in [2.75, 3.05) is 13.2 Å². The first-order valence-electron chi connectivity index (χ1n) is 5.55. The smallest absolute Gasteiger partial charge is 0.119 e. The predicted octanol–water partition coefficient (Wildman–Crippen LogP) is 2.65. The molecule has 0 aliphatic rings. The van der Waals surface area contributed by atoms with Crippen molar-refractivity contribution >= 4 is 0 Å². The zero-order valence-corrected chi connectivity index (χ0v) is 9.57. The minimum absolute atomic E-state index is 0.190. The molecule has 0 fully saturated rings. The maximum Gasteiger partial charge on any atom is 0.119 e. The van der Waals surface area contributed by atoms with Gasteiger partial charge in [0.15, 0.2) is 0 Å². The van der Waals surface area contributed by atoms with Crippen LogP contribution in [0, 0.1) is 5.92 Å². The quantitative estimate of drug-likeness (QED) is 0.778. The van der Waals surface area contributed by atoms with Crippen LogP contribution in [-0.2, 0) is 6.42 Å². The molecule has 0 amide bonds. The molecule has 0 saturated carbocycles. The average molecular weight is 208 g/mol. The summed E-state index contributed by atoms with van der Waals surface area (Å²) < 4.78 is 5.62. The number of aliphatic hydroxyl groups excluding tert-OH is 1. The summed E-state index contributed by atoms with van der Waals surface area (Å²) in [5, 5.41) is 8.82. The summed E-state index contributed by atoms with van der Waals surface area (Å²) in [5.74, 6) is 1.58. The number of ether oxygens (including phenoxy) is 1. The largest absolute Gasteiger partial charge is 0.494 e. The maximum absolute atomic E-state index is 8.82. The molecule has 0 aliphatic carbocycles. The molecule has 0 bridgehead atoms. The Morgan fingerprint density at radius 2 is 2.13 bits per heavy atom. The second-order valence-corrected chi connectivity index (χ2v) is 4.15. The van der Waals surface area contributed by atoms with E-state index in [1.807, 2.05) is 24.3 Å². The molecule has 1 aromatic rings. The Hall–Kier alpha value is -1.02. The van der Waals surface area contributed by atoms with Crippen LogP contribution in [0.2, 0.25) is 0 Å². The van der Waals surface area contributed by atoms with Crippen molar-refractivity contribution in [1.29, 1.82) is 0 Å². The van der Waals surface area contributed by atoms with E-state index in [0.29, 0.717) is 12.3 Å². The molecule has 0 spiro atoms. The van der Waals surface area contributed by atoms with Crippen LogP contribution in [0.1, 0.15) is 25.8 Å². The predicted molar refractivity (Wildman–Crippen MR) is 62.2 cm³/mol. The van der Waals surface area contributed by atoms with Gasteiger partial charge in [0.05, 0.1) is 6.61 Å². The number of hydrogen-bond donors (Lipinski definition) is 1. The van der Waals surface area contributed by atoms with Crippen molar-refractivity contribution < 1.29 is 9.84 Å². The SMILES string of the molecule is CC(C)CCOc1cccc(CCO)c1. The number of rotatable bonds is 6. The van der Waals surface area contributed by atoms with Gasteiger partial charge in [-0.15, -0.1) is 0 Å². The van der Waals surface area contributed by atoms with Crippen LogP contribution in [0.15, 0.2) is 24.3 Å². The van der Waals surface area contributed by atoms with E-state index < -0.39 is 0 Å². The van der Waals surface area contributed by atoms with E-state index in [4.69, 9.17) is 9.84 Å². The van der Waals surface area contributed by atoms with Gasteiger partial charge in [0.25, 0.3) is 0 Å². The van der Waals surface area contributed by atoms with Crippen LogP contribution in [0.5, 0.6) is 5.75 Å². The van der Waals surface area contributed by atoms with E-state index in [-0.39, 0.29) is 6.61 Å². The Labute approximate surface area is 91.9 Å². The highest BCUT2D eigenvalue weighted by Crippen LogP contribution is 2.14. The molecule has 0 saturated heterocycles. The molecule has 0 radical (unpaired) electrons. The van der Waals surface area contributed by atoms with E-state index in [1.165, 1.54) is 0 Å². The van der Waals surface area contributed by atoms with E-state index in [1.54, 1.807) is 0 Å². The number of benzene rings is 1. The normalized spacial score (nSPS) is 10.7. The summed E-state index contributed by atoms with van der Waals surface area (Å²) in [4.78, 5) is 0. The molecule has 2 heteroatoms. The van der Waals surface area contributed by atoms with Gasteiger partial charge >= 0.3 is 0 Å². The van der Waals surface area contributed by atoms with Crippen LogP contribution in [-0.4, -0.2) is 18.3 Å². The lowest BCUT2D eigenvalue weighted by Crippen LogP contribution is -2.01. The molecular weight excluding hydrogens is 188 g/mol. The van der Waals surface area contributed by atoms with Crippen molar-refractivity contribution in [2.45, 2.75) is 26.7 Å². The first kappa shape index (κ1) is 12.1. The molecule has 0 aromatic heterocycles. The summed E-state index contributed by atoms with van der Waals surface area (Å²) in [5.41, 5.74) is 1.12. The summed E-state index contributed by atoms with van der Waals surface area (Å²) in [6.07, 6.45) is 1.77. The van der Waals surface area contributed by atoms with Crippen LogP contribution >= 0.6 is 0 Å².